The zero-order valence-electron chi connectivity index (χ0n) is 21.9. The van der Waals surface area contributed by atoms with Gasteiger partial charge in [-0.3, -0.25) is 0 Å². The molecular formula is C31H32N4O2. The van der Waals surface area contributed by atoms with Crippen LogP contribution in [0.1, 0.15) is 43.4 Å². The molecule has 1 N–H and O–H groups in total. The molecule has 0 atom stereocenters. The van der Waals surface area contributed by atoms with Gasteiger partial charge in [-0.25, -0.2) is 10.2 Å². The first-order valence-corrected chi connectivity index (χ1v) is 12.4. The van der Waals surface area contributed by atoms with Gasteiger partial charge in [0.1, 0.15) is 5.60 Å². The number of hydrazone groups is 1. The maximum absolute atomic E-state index is 12.7. The van der Waals surface area contributed by atoms with Gasteiger partial charge in [0.2, 0.25) is 0 Å². The summed E-state index contributed by atoms with van der Waals surface area (Å²) in [6, 6.07) is 26.8. The third-order valence-electron chi connectivity index (χ3n) is 6.49. The minimum absolute atomic E-state index is 0.255. The number of carbonyl (C=O) groups excluding carboxylic acids is 1. The van der Waals surface area contributed by atoms with Crippen LogP contribution in [0.2, 0.25) is 0 Å². The van der Waals surface area contributed by atoms with Crippen LogP contribution >= 0.6 is 0 Å². The molecule has 6 nitrogen and oxygen atoms in total. The topological polar surface area (TPSA) is 60.6 Å². The van der Waals surface area contributed by atoms with Gasteiger partial charge >= 0.3 is 6.09 Å². The van der Waals surface area contributed by atoms with Crippen LogP contribution in [0.3, 0.4) is 0 Å². The minimum atomic E-state index is -0.628. The summed E-state index contributed by atoms with van der Waals surface area (Å²) in [5, 5.41) is 7.02. The fourth-order valence-electron chi connectivity index (χ4n) is 4.98. The fourth-order valence-corrected chi connectivity index (χ4v) is 4.98. The van der Waals surface area contributed by atoms with Crippen LogP contribution in [0.15, 0.2) is 96.4 Å². The summed E-state index contributed by atoms with van der Waals surface area (Å²) in [6.07, 6.45) is 3.75. The molecule has 0 saturated carbocycles. The molecule has 37 heavy (non-hydrogen) atoms. The Balaban J connectivity index is 1.77. The van der Waals surface area contributed by atoms with Crippen molar-refractivity contribution >= 4 is 33.6 Å². The van der Waals surface area contributed by atoms with E-state index < -0.39 is 11.7 Å². The van der Waals surface area contributed by atoms with Crippen molar-refractivity contribution in [3.63, 3.8) is 0 Å². The van der Waals surface area contributed by atoms with Gasteiger partial charge in [0, 0.05) is 48.3 Å². The lowest BCUT2D eigenvalue weighted by Crippen LogP contribution is -2.31. The molecule has 0 aliphatic carbocycles. The minimum Gasteiger partial charge on any atom is -0.443 e. The number of benzene rings is 3. The molecule has 0 fully saturated rings. The van der Waals surface area contributed by atoms with E-state index in [1.165, 1.54) is 0 Å². The number of carbonyl (C=O) groups is 1. The number of para-hydroxylation sites is 2. The molecule has 0 bridgehead atoms. The van der Waals surface area contributed by atoms with Gasteiger partial charge in [0.25, 0.3) is 0 Å². The van der Waals surface area contributed by atoms with E-state index >= 15 is 0 Å². The van der Waals surface area contributed by atoms with E-state index in [1.54, 1.807) is 0 Å². The molecule has 3 aromatic carbocycles. The highest BCUT2D eigenvalue weighted by atomic mass is 16.6. The average Bonchev–Trinajstić information content (AvgIpc) is 3.38. The Morgan fingerprint density at radius 2 is 1.27 bits per heavy atom. The standard InChI is InChI=1S/C31H32N4O2/c1-31(2,3)37-30(36)33-32-29(21-13-7-6-8-14-21)28(24-19-34(4)26-17-11-9-15-22(24)26)25-20-35(5)27-18-12-10-16-23(25)27/h6-20,28H,1-5H3,(H,33,36)/b32-29-. The predicted molar refractivity (Wildman–Crippen MR) is 150 cm³/mol. The summed E-state index contributed by atoms with van der Waals surface area (Å²) in [7, 11) is 4.12. The van der Waals surface area contributed by atoms with Crippen molar-refractivity contribution in [2.45, 2.75) is 32.3 Å². The summed E-state index contributed by atoms with van der Waals surface area (Å²) in [5.74, 6) is -0.255. The van der Waals surface area contributed by atoms with Gasteiger partial charge in [0.15, 0.2) is 0 Å². The van der Waals surface area contributed by atoms with Crippen LogP contribution in [0.4, 0.5) is 4.79 Å². The third-order valence-corrected chi connectivity index (χ3v) is 6.49. The number of hydrogen-bond acceptors (Lipinski definition) is 3. The normalized spacial score (nSPS) is 12.4. The van der Waals surface area contributed by atoms with Crippen molar-refractivity contribution in [3.05, 3.63) is 108 Å². The second kappa shape index (κ2) is 9.62. The van der Waals surface area contributed by atoms with Gasteiger partial charge in [0.05, 0.1) is 11.6 Å². The van der Waals surface area contributed by atoms with Gasteiger partial charge in [-0.1, -0.05) is 66.7 Å². The van der Waals surface area contributed by atoms with E-state index in [1.807, 2.05) is 51.1 Å². The van der Waals surface area contributed by atoms with Crippen molar-refractivity contribution in [1.82, 2.24) is 14.6 Å². The van der Waals surface area contributed by atoms with Crippen LogP contribution in [-0.4, -0.2) is 26.5 Å². The average molecular weight is 493 g/mol. The first-order chi connectivity index (χ1) is 17.7. The van der Waals surface area contributed by atoms with E-state index in [9.17, 15) is 4.79 Å². The molecule has 1 amide bonds. The molecule has 5 rings (SSSR count). The molecule has 0 spiro atoms. The lowest BCUT2D eigenvalue weighted by Gasteiger charge is -2.21. The van der Waals surface area contributed by atoms with Gasteiger partial charge in [-0.2, -0.15) is 5.10 Å². The van der Waals surface area contributed by atoms with Crippen molar-refractivity contribution in [3.8, 4) is 0 Å². The zero-order chi connectivity index (χ0) is 26.2. The number of amides is 1. The lowest BCUT2D eigenvalue weighted by molar-refractivity contribution is 0.0529. The Morgan fingerprint density at radius 1 is 0.784 bits per heavy atom. The van der Waals surface area contributed by atoms with Crippen LogP contribution < -0.4 is 5.43 Å². The van der Waals surface area contributed by atoms with Gasteiger partial charge in [-0.15, -0.1) is 0 Å². The smallest absolute Gasteiger partial charge is 0.428 e. The second-order valence-electron chi connectivity index (χ2n) is 10.3. The van der Waals surface area contributed by atoms with Crippen molar-refractivity contribution in [1.29, 1.82) is 0 Å². The molecule has 0 radical (unpaired) electrons. The Hall–Kier alpha value is -4.32. The molecule has 5 aromatic rings. The highest BCUT2D eigenvalue weighted by molar-refractivity contribution is 6.11. The van der Waals surface area contributed by atoms with Crippen molar-refractivity contribution in [2.24, 2.45) is 19.2 Å². The first-order valence-electron chi connectivity index (χ1n) is 12.4. The highest BCUT2D eigenvalue weighted by Crippen LogP contribution is 2.38. The Morgan fingerprint density at radius 3 is 1.78 bits per heavy atom. The molecule has 0 aliphatic rings. The van der Waals surface area contributed by atoms with Crippen LogP contribution in [0, 0.1) is 0 Å². The zero-order valence-corrected chi connectivity index (χ0v) is 21.9. The van der Waals surface area contributed by atoms with E-state index in [0.717, 1.165) is 44.2 Å². The lowest BCUT2D eigenvalue weighted by atomic mass is 9.84. The SMILES string of the molecule is Cn1cc(C(/C(=N\NC(=O)OC(C)(C)C)c2ccccc2)c2cn(C)c3ccccc23)c2ccccc21. The van der Waals surface area contributed by atoms with E-state index in [0.29, 0.717) is 0 Å². The van der Waals surface area contributed by atoms with Gasteiger partial charge in [-0.05, 0) is 49.6 Å². The van der Waals surface area contributed by atoms with Crippen LogP contribution in [-0.2, 0) is 18.8 Å². The fraction of sp³-hybridized carbons (Fsp3) is 0.226. The third kappa shape index (κ3) is 4.87. The number of aryl methyl sites for hydroxylation is 2. The summed E-state index contributed by atoms with van der Waals surface area (Å²) in [4.78, 5) is 12.7. The van der Waals surface area contributed by atoms with Crippen LogP contribution in [0.5, 0.6) is 0 Å². The highest BCUT2D eigenvalue weighted by Gasteiger charge is 2.29. The Bertz CT molecular complexity index is 1520. The van der Waals surface area contributed by atoms with Crippen molar-refractivity contribution in [2.75, 3.05) is 0 Å². The molecular weight excluding hydrogens is 460 g/mol. The quantitative estimate of drug-likeness (QED) is 0.218. The predicted octanol–water partition coefficient (Wildman–Crippen LogP) is 6.73. The number of aromatic nitrogens is 2. The maximum atomic E-state index is 12.7. The largest absolute Gasteiger partial charge is 0.443 e. The number of rotatable bonds is 5. The number of nitrogens with zero attached hydrogens (tertiary/aromatic N) is 3. The summed E-state index contributed by atoms with van der Waals surface area (Å²) in [6.45, 7) is 5.51. The number of nitrogens with one attached hydrogen (secondary N) is 1. The second-order valence-corrected chi connectivity index (χ2v) is 10.3. The van der Waals surface area contributed by atoms with E-state index in [2.05, 4.69) is 89.6 Å². The summed E-state index contributed by atoms with van der Waals surface area (Å²) >= 11 is 0. The molecule has 0 saturated heterocycles. The summed E-state index contributed by atoms with van der Waals surface area (Å²) < 4.78 is 9.79. The molecule has 2 heterocycles. The maximum Gasteiger partial charge on any atom is 0.428 e. The molecule has 0 aliphatic heterocycles. The number of hydrogen-bond donors (Lipinski definition) is 1. The molecule has 0 unspecified atom stereocenters. The molecule has 188 valence electrons. The first kappa shape index (κ1) is 24.4. The molecule has 2 aromatic heterocycles. The van der Waals surface area contributed by atoms with E-state index in [-0.39, 0.29) is 5.92 Å². The van der Waals surface area contributed by atoms with Crippen molar-refractivity contribution < 1.29 is 9.53 Å². The van der Waals surface area contributed by atoms with Gasteiger partial charge < -0.3 is 13.9 Å². The number of fused-ring (bicyclic) bond motifs is 2. The monoisotopic (exact) mass is 492 g/mol. The summed E-state index contributed by atoms with van der Waals surface area (Å²) in [5.41, 5.74) is 8.21. The molecule has 6 heteroatoms. The Labute approximate surface area is 217 Å². The van der Waals surface area contributed by atoms with E-state index in [4.69, 9.17) is 9.84 Å². The van der Waals surface area contributed by atoms with Crippen LogP contribution in [0.25, 0.3) is 21.8 Å². The Kier molecular flexibility index (Phi) is 6.34. The number of ether oxygens (including phenoxy) is 1.